The summed E-state index contributed by atoms with van der Waals surface area (Å²) in [5.41, 5.74) is -2.79. The molecular formula is C44H69NO13. The standard InChI is InChI=1S/C44H69NO13/c1-14-31-44(10,50)36(46)25(4)33-23(2)21-43(9,58-33)38(26(5)34(27(6)39(48)54-31)55-32-22-42(8,51-13)37(47)28(7)53-32)57-41-35(30(45(11)12)20-24(3)52-41)56-40(49)29-18-16-15-17-19-29/h15-19,24-28,30-32,34-38,41,46-47,50H,14,20-22H2,1-13H3/t24-,25+,26+,27-,28+,30+,31-,32+,34+,35-,36-,37+,38-,41+,42-,43-,44-/m1/s1. The molecule has 3 fully saturated rings. The van der Waals surface area contributed by atoms with Gasteiger partial charge in [0.25, 0.3) is 0 Å². The third-order valence-corrected chi connectivity index (χ3v) is 13.2. The Hall–Kier alpha value is -2.66. The minimum absolute atomic E-state index is 0.144. The van der Waals surface area contributed by atoms with E-state index >= 15 is 0 Å². The van der Waals surface area contributed by atoms with Crippen LogP contribution in [0.5, 0.6) is 0 Å². The molecule has 1 aromatic rings. The van der Waals surface area contributed by atoms with E-state index in [1.165, 1.54) is 14.0 Å². The van der Waals surface area contributed by atoms with Crippen molar-refractivity contribution in [2.75, 3.05) is 21.2 Å². The quantitative estimate of drug-likeness (QED) is 0.292. The van der Waals surface area contributed by atoms with E-state index in [-0.39, 0.29) is 25.0 Å². The Morgan fingerprint density at radius 2 is 1.60 bits per heavy atom. The van der Waals surface area contributed by atoms with Crippen LogP contribution in [0, 0.1) is 17.8 Å². The van der Waals surface area contributed by atoms with Crippen LogP contribution in [0.25, 0.3) is 0 Å². The van der Waals surface area contributed by atoms with Gasteiger partial charge in [0, 0.05) is 31.8 Å². The first-order valence-corrected chi connectivity index (χ1v) is 20.9. The molecule has 3 N–H and O–H groups in total. The number of benzene rings is 1. The first kappa shape index (κ1) is 46.4. The zero-order valence-electron chi connectivity index (χ0n) is 36.7. The fourth-order valence-corrected chi connectivity index (χ4v) is 9.61. The van der Waals surface area contributed by atoms with Crippen LogP contribution in [0.4, 0.5) is 0 Å². The van der Waals surface area contributed by atoms with Crippen LogP contribution in [-0.2, 0) is 42.7 Å². The molecule has 328 valence electrons. The van der Waals surface area contributed by atoms with Crippen molar-refractivity contribution >= 4 is 11.9 Å². The molecule has 0 aliphatic carbocycles. The summed E-state index contributed by atoms with van der Waals surface area (Å²) in [6.07, 6.45) is -7.87. The number of likely N-dealkylation sites (N-methyl/N-ethyl adjacent to an activating group) is 1. The Balaban J connectivity index is 1.63. The van der Waals surface area contributed by atoms with E-state index < -0.39 is 102 Å². The van der Waals surface area contributed by atoms with E-state index in [1.807, 2.05) is 52.8 Å². The van der Waals surface area contributed by atoms with Gasteiger partial charge >= 0.3 is 11.9 Å². The van der Waals surface area contributed by atoms with Gasteiger partial charge in [-0.1, -0.05) is 39.0 Å². The third kappa shape index (κ3) is 9.30. The van der Waals surface area contributed by atoms with Gasteiger partial charge in [-0.2, -0.15) is 0 Å². The van der Waals surface area contributed by atoms with Crippen molar-refractivity contribution in [2.24, 2.45) is 17.8 Å². The first-order chi connectivity index (χ1) is 27.1. The average molecular weight is 820 g/mol. The van der Waals surface area contributed by atoms with Gasteiger partial charge in [0.15, 0.2) is 18.7 Å². The maximum Gasteiger partial charge on any atom is 0.338 e. The highest BCUT2D eigenvalue weighted by Gasteiger charge is 2.56. The SMILES string of the molecule is CC[C@H]1OC(=O)[C@H](C)[C@@H](O[C@H]2C[C@@](C)(OC)[C@@H](O)[C@H](C)O2)[C@H](C)[C@@H](O[C@@H]2O[C@H](C)C[C@H](N(C)C)[C@H]2OC(=O)c2ccccc2)[C@@]2(C)CC(C)=C(O2)[C@H](C)[C@@H](O)[C@]1(C)O. The summed E-state index contributed by atoms with van der Waals surface area (Å²) in [7, 11) is 5.36. The van der Waals surface area contributed by atoms with Crippen molar-refractivity contribution in [3.05, 3.63) is 47.2 Å². The largest absolute Gasteiger partial charge is 0.489 e. The number of aliphatic hydroxyl groups is 3. The molecule has 14 nitrogen and oxygen atoms in total. The van der Waals surface area contributed by atoms with Crippen molar-refractivity contribution < 1.29 is 62.8 Å². The molecule has 1 aromatic carbocycles. The summed E-state index contributed by atoms with van der Waals surface area (Å²) in [6.45, 7) is 17.9. The number of hydrogen-bond acceptors (Lipinski definition) is 14. The van der Waals surface area contributed by atoms with Gasteiger partial charge in [0.05, 0.1) is 47.5 Å². The Morgan fingerprint density at radius 3 is 2.21 bits per heavy atom. The van der Waals surface area contributed by atoms with Crippen molar-refractivity contribution in [2.45, 2.75) is 179 Å². The number of cyclic esters (lactones) is 1. The molecule has 0 aromatic heterocycles. The molecule has 3 saturated heterocycles. The number of esters is 2. The van der Waals surface area contributed by atoms with Crippen LogP contribution < -0.4 is 0 Å². The number of ether oxygens (including phenoxy) is 8. The molecular weight excluding hydrogens is 750 g/mol. The van der Waals surface area contributed by atoms with Gasteiger partial charge in [0.2, 0.25) is 0 Å². The molecule has 0 radical (unpaired) electrons. The molecule has 2 bridgehead atoms. The van der Waals surface area contributed by atoms with Crippen LogP contribution in [-0.4, -0.2) is 138 Å². The highest BCUT2D eigenvalue weighted by atomic mass is 16.7. The van der Waals surface area contributed by atoms with Gasteiger partial charge in [0.1, 0.15) is 35.3 Å². The summed E-state index contributed by atoms with van der Waals surface area (Å²) < 4.78 is 52.0. The Morgan fingerprint density at radius 1 is 0.948 bits per heavy atom. The number of rotatable bonds is 9. The molecule has 17 atom stereocenters. The monoisotopic (exact) mass is 819 g/mol. The Kier molecular flexibility index (Phi) is 14.5. The number of aliphatic hydroxyl groups excluding tert-OH is 2. The topological polar surface area (TPSA) is 172 Å². The van der Waals surface area contributed by atoms with Crippen molar-refractivity contribution in [3.63, 3.8) is 0 Å². The van der Waals surface area contributed by atoms with E-state index in [0.717, 1.165) is 5.57 Å². The second-order valence-electron chi connectivity index (χ2n) is 18.1. The van der Waals surface area contributed by atoms with Crippen LogP contribution in [0.3, 0.4) is 0 Å². The fourth-order valence-electron chi connectivity index (χ4n) is 9.61. The van der Waals surface area contributed by atoms with Crippen molar-refractivity contribution in [1.82, 2.24) is 4.90 Å². The summed E-state index contributed by atoms with van der Waals surface area (Å²) in [4.78, 5) is 30.0. The van der Waals surface area contributed by atoms with E-state index in [1.54, 1.807) is 58.9 Å². The van der Waals surface area contributed by atoms with Gasteiger partial charge in [-0.25, -0.2) is 4.79 Å². The Labute approximate surface area is 344 Å². The molecule has 58 heavy (non-hydrogen) atoms. The average Bonchev–Trinajstić information content (AvgIpc) is 3.50. The lowest BCUT2D eigenvalue weighted by Gasteiger charge is -2.49. The minimum Gasteiger partial charge on any atom is -0.489 e. The predicted octanol–water partition coefficient (Wildman–Crippen LogP) is 4.76. The van der Waals surface area contributed by atoms with Crippen LogP contribution in [0.15, 0.2) is 41.7 Å². The maximum absolute atomic E-state index is 14.3. The number of carbonyl (C=O) groups is 2. The summed E-state index contributed by atoms with van der Waals surface area (Å²) in [5, 5.41) is 34.7. The molecule has 4 aliphatic rings. The van der Waals surface area contributed by atoms with E-state index in [9.17, 15) is 24.9 Å². The molecule has 14 heteroatoms. The first-order valence-electron chi connectivity index (χ1n) is 20.9. The van der Waals surface area contributed by atoms with Crippen molar-refractivity contribution in [3.8, 4) is 0 Å². The minimum atomic E-state index is -1.85. The highest BCUT2D eigenvalue weighted by Crippen LogP contribution is 2.47. The molecule has 5 rings (SSSR count). The molecule has 0 spiro atoms. The van der Waals surface area contributed by atoms with Crippen molar-refractivity contribution in [1.29, 1.82) is 0 Å². The lowest BCUT2D eigenvalue weighted by Crippen LogP contribution is -2.61. The summed E-state index contributed by atoms with van der Waals surface area (Å²) in [5.74, 6) is -3.05. The van der Waals surface area contributed by atoms with Gasteiger partial charge in [-0.15, -0.1) is 0 Å². The zero-order chi connectivity index (χ0) is 43.1. The number of methoxy groups -OCH3 is 1. The predicted molar refractivity (Wildman–Crippen MR) is 213 cm³/mol. The third-order valence-electron chi connectivity index (χ3n) is 13.2. The molecule has 0 unspecified atom stereocenters. The number of carbonyl (C=O) groups excluding carboxylic acids is 2. The molecule has 4 heterocycles. The smallest absolute Gasteiger partial charge is 0.338 e. The number of nitrogens with zero attached hydrogens (tertiary/aromatic N) is 1. The molecule has 0 amide bonds. The maximum atomic E-state index is 14.3. The number of hydrogen-bond donors (Lipinski definition) is 3. The molecule has 0 saturated carbocycles. The van der Waals surface area contributed by atoms with E-state index in [4.69, 9.17) is 37.9 Å². The number of fused-ring (bicyclic) bond motifs is 2. The summed E-state index contributed by atoms with van der Waals surface area (Å²) >= 11 is 0. The lowest BCUT2D eigenvalue weighted by molar-refractivity contribution is -0.316. The van der Waals surface area contributed by atoms with Gasteiger partial charge in [-0.05, 0) is 93.1 Å². The zero-order valence-corrected chi connectivity index (χ0v) is 36.7. The van der Waals surface area contributed by atoms with Gasteiger partial charge in [-0.3, -0.25) is 4.79 Å². The second kappa shape index (κ2) is 18.1. The van der Waals surface area contributed by atoms with Crippen LogP contribution in [0.2, 0.25) is 0 Å². The molecule has 4 aliphatic heterocycles. The summed E-state index contributed by atoms with van der Waals surface area (Å²) in [6, 6.07) is 8.45. The Bertz CT molecular complexity index is 1600. The second-order valence-corrected chi connectivity index (χ2v) is 18.1. The van der Waals surface area contributed by atoms with Crippen LogP contribution in [0.1, 0.15) is 105 Å². The van der Waals surface area contributed by atoms with Gasteiger partial charge < -0.3 is 58.1 Å². The normalized spacial score (nSPS) is 44.1. The van der Waals surface area contributed by atoms with E-state index in [2.05, 4.69) is 0 Å². The lowest BCUT2D eigenvalue weighted by atomic mass is 9.78. The van der Waals surface area contributed by atoms with E-state index in [0.29, 0.717) is 24.2 Å². The fraction of sp³-hybridized carbons (Fsp3) is 0.773. The van der Waals surface area contributed by atoms with Crippen LogP contribution >= 0.6 is 0 Å². The highest BCUT2D eigenvalue weighted by molar-refractivity contribution is 5.89.